The summed E-state index contributed by atoms with van der Waals surface area (Å²) in [7, 11) is 0. The number of halogens is 1. The minimum atomic E-state index is -0.738. The summed E-state index contributed by atoms with van der Waals surface area (Å²) < 4.78 is 13.0. The fourth-order valence-electron chi connectivity index (χ4n) is 3.66. The number of hydrogen-bond donors (Lipinski definition) is 0. The molecule has 1 spiro atoms. The molecule has 1 aliphatic heterocycles. The Kier molecular flexibility index (Phi) is 3.34. The standard InChI is InChI=1S/C15H18FNO4/c16-13-3-5-14(6-4-13)17-9-18-20-15(21-19-10-17)8-11-1-2-12(15)7-11/h3-6,11-12H,1-2,7-10H2. The molecule has 1 aromatic rings. The third-order valence-corrected chi connectivity index (χ3v) is 4.75. The zero-order valence-corrected chi connectivity index (χ0v) is 11.7. The Hall–Kier alpha value is -1.21. The van der Waals surface area contributed by atoms with Gasteiger partial charge < -0.3 is 4.90 Å². The van der Waals surface area contributed by atoms with E-state index in [-0.39, 0.29) is 19.3 Å². The normalized spacial score (nSPS) is 31.4. The molecule has 0 radical (unpaired) electrons. The summed E-state index contributed by atoms with van der Waals surface area (Å²) in [6.45, 7) is 0.433. The van der Waals surface area contributed by atoms with E-state index in [2.05, 4.69) is 0 Å². The van der Waals surface area contributed by atoms with Gasteiger partial charge in [0.05, 0.1) is 0 Å². The van der Waals surface area contributed by atoms with Gasteiger partial charge in [0, 0.05) is 18.0 Å². The summed E-state index contributed by atoms with van der Waals surface area (Å²) in [6.07, 6.45) is 4.28. The molecule has 2 unspecified atom stereocenters. The van der Waals surface area contributed by atoms with Crippen molar-refractivity contribution in [3.8, 4) is 0 Å². The van der Waals surface area contributed by atoms with E-state index in [1.807, 2.05) is 0 Å². The van der Waals surface area contributed by atoms with Gasteiger partial charge in [-0.3, -0.25) is 0 Å². The fourth-order valence-corrected chi connectivity index (χ4v) is 3.66. The molecule has 3 aliphatic rings. The van der Waals surface area contributed by atoms with Gasteiger partial charge in [0.25, 0.3) is 0 Å². The van der Waals surface area contributed by atoms with Gasteiger partial charge in [-0.15, -0.1) is 0 Å². The Bertz CT molecular complexity index is 499. The van der Waals surface area contributed by atoms with E-state index in [9.17, 15) is 4.39 Å². The lowest BCUT2D eigenvalue weighted by Gasteiger charge is -2.37. The number of hydrogen-bond acceptors (Lipinski definition) is 5. The summed E-state index contributed by atoms with van der Waals surface area (Å²) in [5.41, 5.74) is 0.785. The van der Waals surface area contributed by atoms with Gasteiger partial charge in [-0.05, 0) is 49.4 Å². The van der Waals surface area contributed by atoms with E-state index in [0.717, 1.165) is 24.9 Å². The molecule has 0 N–H and O–H groups in total. The van der Waals surface area contributed by atoms with Crippen LogP contribution in [-0.2, 0) is 19.6 Å². The topological polar surface area (TPSA) is 40.2 Å². The van der Waals surface area contributed by atoms with Crippen molar-refractivity contribution in [3.05, 3.63) is 30.1 Å². The highest BCUT2D eigenvalue weighted by atomic mass is 19.1. The van der Waals surface area contributed by atoms with Crippen LogP contribution in [-0.4, -0.2) is 19.2 Å². The zero-order chi connectivity index (χ0) is 14.3. The molecule has 1 aromatic carbocycles. The molecule has 3 fully saturated rings. The molecule has 1 heterocycles. The Morgan fingerprint density at radius 1 is 1.05 bits per heavy atom. The Balaban J connectivity index is 1.43. The summed E-state index contributed by atoms with van der Waals surface area (Å²) in [4.78, 5) is 23.7. The van der Waals surface area contributed by atoms with Gasteiger partial charge in [0.2, 0.25) is 5.79 Å². The molecule has 6 heteroatoms. The molecule has 2 aliphatic carbocycles. The zero-order valence-electron chi connectivity index (χ0n) is 11.7. The Morgan fingerprint density at radius 3 is 2.33 bits per heavy atom. The molecule has 21 heavy (non-hydrogen) atoms. The molecule has 0 aromatic heterocycles. The maximum atomic E-state index is 13.0. The molecule has 5 nitrogen and oxygen atoms in total. The van der Waals surface area contributed by atoms with Crippen LogP contribution < -0.4 is 4.90 Å². The van der Waals surface area contributed by atoms with Gasteiger partial charge in [-0.25, -0.2) is 14.2 Å². The second-order valence-electron chi connectivity index (χ2n) is 6.07. The molecule has 2 atom stereocenters. The minimum absolute atomic E-state index is 0.216. The van der Waals surface area contributed by atoms with E-state index < -0.39 is 5.79 Å². The predicted molar refractivity (Wildman–Crippen MR) is 71.1 cm³/mol. The first-order chi connectivity index (χ1) is 10.3. The molecule has 4 rings (SSSR count). The van der Waals surface area contributed by atoms with E-state index in [1.54, 1.807) is 17.0 Å². The van der Waals surface area contributed by atoms with Crippen LogP contribution in [0.5, 0.6) is 0 Å². The van der Waals surface area contributed by atoms with E-state index in [4.69, 9.17) is 19.6 Å². The number of benzene rings is 1. The number of fused-ring (bicyclic) bond motifs is 3. The summed E-state index contributed by atoms with van der Waals surface area (Å²) in [6, 6.07) is 6.12. The van der Waals surface area contributed by atoms with Crippen LogP contribution in [0.2, 0.25) is 0 Å². The van der Waals surface area contributed by atoms with Crippen molar-refractivity contribution >= 4 is 5.69 Å². The van der Waals surface area contributed by atoms with Crippen molar-refractivity contribution in [3.63, 3.8) is 0 Å². The van der Waals surface area contributed by atoms with Crippen LogP contribution in [0.3, 0.4) is 0 Å². The molecule has 0 amide bonds. The number of anilines is 1. The van der Waals surface area contributed by atoms with Gasteiger partial charge in [0.15, 0.2) is 13.5 Å². The average molecular weight is 295 g/mol. The predicted octanol–water partition coefficient (Wildman–Crippen LogP) is 2.97. The smallest absolute Gasteiger partial charge is 0.237 e. The first kappa shape index (κ1) is 13.5. The van der Waals surface area contributed by atoms with Gasteiger partial charge >= 0.3 is 0 Å². The van der Waals surface area contributed by atoms with Crippen LogP contribution >= 0.6 is 0 Å². The maximum absolute atomic E-state index is 13.0. The molecule has 1 saturated heterocycles. The second-order valence-corrected chi connectivity index (χ2v) is 6.07. The molecule has 2 saturated carbocycles. The van der Waals surface area contributed by atoms with Crippen LogP contribution in [0.15, 0.2) is 24.3 Å². The first-order valence-electron chi connectivity index (χ1n) is 7.37. The van der Waals surface area contributed by atoms with Gasteiger partial charge in [-0.1, -0.05) is 0 Å². The van der Waals surface area contributed by atoms with Crippen molar-refractivity contribution in [1.29, 1.82) is 0 Å². The molecular weight excluding hydrogens is 277 g/mol. The van der Waals surface area contributed by atoms with E-state index in [0.29, 0.717) is 11.8 Å². The highest BCUT2D eigenvalue weighted by Gasteiger charge is 2.56. The largest absolute Gasteiger partial charge is 0.320 e. The van der Waals surface area contributed by atoms with Crippen molar-refractivity contribution in [1.82, 2.24) is 0 Å². The van der Waals surface area contributed by atoms with Crippen LogP contribution in [0.25, 0.3) is 0 Å². The number of rotatable bonds is 1. The van der Waals surface area contributed by atoms with Crippen LogP contribution in [0.4, 0.5) is 10.1 Å². The average Bonchev–Trinajstić information content (AvgIpc) is 3.05. The van der Waals surface area contributed by atoms with Crippen molar-refractivity contribution in [2.24, 2.45) is 11.8 Å². The summed E-state index contributed by atoms with van der Waals surface area (Å²) in [5, 5.41) is 0. The van der Waals surface area contributed by atoms with Crippen molar-refractivity contribution < 1.29 is 23.9 Å². The minimum Gasteiger partial charge on any atom is -0.320 e. The van der Waals surface area contributed by atoms with Crippen LogP contribution in [0.1, 0.15) is 25.7 Å². The van der Waals surface area contributed by atoms with Crippen molar-refractivity contribution in [2.45, 2.75) is 31.5 Å². The molecule has 2 bridgehead atoms. The lowest BCUT2D eigenvalue weighted by Crippen LogP contribution is -2.46. The van der Waals surface area contributed by atoms with Gasteiger partial charge in [0.1, 0.15) is 5.82 Å². The van der Waals surface area contributed by atoms with Gasteiger partial charge in [-0.2, -0.15) is 9.78 Å². The fraction of sp³-hybridized carbons (Fsp3) is 0.600. The summed E-state index contributed by atoms with van der Waals surface area (Å²) >= 11 is 0. The lowest BCUT2D eigenvalue weighted by atomic mass is 9.94. The highest BCUT2D eigenvalue weighted by Crippen LogP contribution is 2.53. The quantitative estimate of drug-likeness (QED) is 0.745. The highest BCUT2D eigenvalue weighted by molar-refractivity contribution is 5.45. The third kappa shape index (κ3) is 2.42. The second kappa shape index (κ2) is 5.21. The molecule has 114 valence electrons. The SMILES string of the molecule is Fc1ccc(N2COOC3(CC4CCC3C4)OOC2)cc1. The van der Waals surface area contributed by atoms with Crippen LogP contribution in [0, 0.1) is 17.7 Å². The van der Waals surface area contributed by atoms with E-state index >= 15 is 0 Å². The maximum Gasteiger partial charge on any atom is 0.237 e. The van der Waals surface area contributed by atoms with Crippen molar-refractivity contribution in [2.75, 3.05) is 18.4 Å². The molecular formula is C15H18FNO4. The van der Waals surface area contributed by atoms with E-state index in [1.165, 1.54) is 18.6 Å². The lowest BCUT2D eigenvalue weighted by molar-refractivity contribution is -0.532. The Labute approximate surface area is 122 Å². The number of nitrogens with zero attached hydrogens (tertiary/aromatic N) is 1. The third-order valence-electron chi connectivity index (χ3n) is 4.75. The first-order valence-corrected chi connectivity index (χ1v) is 7.37. The monoisotopic (exact) mass is 295 g/mol. The summed E-state index contributed by atoms with van der Waals surface area (Å²) in [5.74, 6) is -0.0200. The Morgan fingerprint density at radius 2 is 1.76 bits per heavy atom.